The lowest BCUT2D eigenvalue weighted by molar-refractivity contribution is 0.480. The van der Waals surface area contributed by atoms with Gasteiger partial charge in [0.2, 0.25) is 0 Å². The van der Waals surface area contributed by atoms with Crippen molar-refractivity contribution in [2.24, 2.45) is 0 Å². The predicted molar refractivity (Wildman–Crippen MR) is 90.0 cm³/mol. The molecule has 0 spiro atoms. The molecule has 1 atom stereocenters. The second kappa shape index (κ2) is 5.90. The van der Waals surface area contributed by atoms with E-state index >= 15 is 0 Å². The summed E-state index contributed by atoms with van der Waals surface area (Å²) in [5.74, 6) is 0. The van der Waals surface area contributed by atoms with E-state index in [1.165, 1.54) is 27.9 Å². The normalized spacial score (nSPS) is 17.4. The minimum absolute atomic E-state index is 0.519. The summed E-state index contributed by atoms with van der Waals surface area (Å²) in [5.41, 5.74) is 6.96. The second-order valence-corrected chi connectivity index (χ2v) is 6.22. The molecular weight excluding hydrogens is 256 g/mol. The highest BCUT2D eigenvalue weighted by molar-refractivity contribution is 5.54. The molecule has 0 bridgehead atoms. The highest BCUT2D eigenvalue weighted by atomic mass is 15.1. The highest BCUT2D eigenvalue weighted by Crippen LogP contribution is 2.22. The van der Waals surface area contributed by atoms with Gasteiger partial charge >= 0.3 is 0 Å². The summed E-state index contributed by atoms with van der Waals surface area (Å²) in [4.78, 5) is 2.38. The standard InChI is InChI=1S/C19H24N2/c1-14-8-9-19(15(2)10-14)21(3)13-18-11-16-6-4-5-7-17(16)12-20-18/h4-10,18,20H,11-13H2,1-3H3. The number of hydrogen-bond donors (Lipinski definition) is 1. The van der Waals surface area contributed by atoms with Crippen molar-refractivity contribution in [3.8, 4) is 0 Å². The molecule has 0 fully saturated rings. The number of rotatable bonds is 3. The van der Waals surface area contributed by atoms with Crippen LogP contribution in [0.1, 0.15) is 22.3 Å². The summed E-state index contributed by atoms with van der Waals surface area (Å²) < 4.78 is 0. The molecule has 3 rings (SSSR count). The lowest BCUT2D eigenvalue weighted by Gasteiger charge is -2.31. The van der Waals surface area contributed by atoms with Gasteiger partial charge in [0.05, 0.1) is 0 Å². The Kier molecular flexibility index (Phi) is 3.98. The van der Waals surface area contributed by atoms with E-state index in [0.29, 0.717) is 6.04 Å². The molecule has 0 radical (unpaired) electrons. The van der Waals surface area contributed by atoms with Gasteiger partial charge in [-0.3, -0.25) is 0 Å². The van der Waals surface area contributed by atoms with Crippen molar-refractivity contribution in [3.63, 3.8) is 0 Å². The van der Waals surface area contributed by atoms with Gasteiger partial charge in [0.15, 0.2) is 0 Å². The summed E-state index contributed by atoms with van der Waals surface area (Å²) in [5, 5.41) is 3.67. The maximum absolute atomic E-state index is 3.67. The molecule has 1 heterocycles. The number of fused-ring (bicyclic) bond motifs is 1. The Morgan fingerprint density at radius 3 is 2.62 bits per heavy atom. The molecule has 21 heavy (non-hydrogen) atoms. The molecule has 0 amide bonds. The SMILES string of the molecule is Cc1ccc(N(C)CC2Cc3ccccc3CN2)c(C)c1. The van der Waals surface area contributed by atoms with Crippen LogP contribution in [-0.4, -0.2) is 19.6 Å². The predicted octanol–water partition coefficient (Wildman–Crippen LogP) is 3.45. The second-order valence-electron chi connectivity index (χ2n) is 6.22. The third kappa shape index (κ3) is 3.11. The van der Waals surface area contributed by atoms with Crippen LogP contribution >= 0.6 is 0 Å². The van der Waals surface area contributed by atoms with Crippen LogP contribution in [0.15, 0.2) is 42.5 Å². The first-order valence-corrected chi connectivity index (χ1v) is 7.72. The number of nitrogens with zero attached hydrogens (tertiary/aromatic N) is 1. The van der Waals surface area contributed by atoms with E-state index in [4.69, 9.17) is 0 Å². The summed E-state index contributed by atoms with van der Waals surface area (Å²) in [6, 6.07) is 16.0. The Morgan fingerprint density at radius 1 is 1.10 bits per heavy atom. The topological polar surface area (TPSA) is 15.3 Å². The molecule has 0 aromatic heterocycles. The van der Waals surface area contributed by atoms with Crippen LogP contribution in [0.4, 0.5) is 5.69 Å². The lowest BCUT2D eigenvalue weighted by Crippen LogP contribution is -2.43. The van der Waals surface area contributed by atoms with Crippen LogP contribution in [0, 0.1) is 13.8 Å². The summed E-state index contributed by atoms with van der Waals surface area (Å²) in [6.07, 6.45) is 1.12. The molecule has 1 aliphatic heterocycles. The molecule has 2 heteroatoms. The molecule has 110 valence electrons. The average Bonchev–Trinajstić information content (AvgIpc) is 2.47. The van der Waals surface area contributed by atoms with Gasteiger partial charge in [-0.25, -0.2) is 0 Å². The van der Waals surface area contributed by atoms with Gasteiger partial charge in [-0.05, 0) is 43.0 Å². The van der Waals surface area contributed by atoms with Crippen molar-refractivity contribution in [3.05, 3.63) is 64.7 Å². The number of aryl methyl sites for hydroxylation is 2. The number of hydrogen-bond acceptors (Lipinski definition) is 2. The number of nitrogens with one attached hydrogen (secondary N) is 1. The van der Waals surface area contributed by atoms with Gasteiger partial charge in [0.25, 0.3) is 0 Å². The fourth-order valence-electron chi connectivity index (χ4n) is 3.31. The van der Waals surface area contributed by atoms with Crippen molar-refractivity contribution >= 4 is 5.69 Å². The fourth-order valence-corrected chi connectivity index (χ4v) is 3.31. The highest BCUT2D eigenvalue weighted by Gasteiger charge is 2.19. The zero-order valence-corrected chi connectivity index (χ0v) is 13.2. The maximum atomic E-state index is 3.67. The monoisotopic (exact) mass is 280 g/mol. The van der Waals surface area contributed by atoms with Crippen molar-refractivity contribution < 1.29 is 0 Å². The van der Waals surface area contributed by atoms with Crippen molar-refractivity contribution in [1.29, 1.82) is 0 Å². The third-order valence-electron chi connectivity index (χ3n) is 4.42. The Bertz CT molecular complexity index is 633. The van der Waals surface area contributed by atoms with Gasteiger partial charge in [-0.2, -0.15) is 0 Å². The first-order chi connectivity index (χ1) is 10.1. The first-order valence-electron chi connectivity index (χ1n) is 7.72. The Labute approximate surface area is 127 Å². The van der Waals surface area contributed by atoms with Crippen LogP contribution in [0.25, 0.3) is 0 Å². The van der Waals surface area contributed by atoms with Crippen LogP contribution in [0.5, 0.6) is 0 Å². The third-order valence-corrected chi connectivity index (χ3v) is 4.42. The van der Waals surface area contributed by atoms with E-state index < -0.39 is 0 Å². The fraction of sp³-hybridized carbons (Fsp3) is 0.368. The average molecular weight is 280 g/mol. The zero-order valence-electron chi connectivity index (χ0n) is 13.2. The minimum atomic E-state index is 0.519. The first kappa shape index (κ1) is 14.2. The molecule has 0 saturated heterocycles. The number of likely N-dealkylation sites (N-methyl/N-ethyl adjacent to an activating group) is 1. The van der Waals surface area contributed by atoms with Crippen LogP contribution in [0.2, 0.25) is 0 Å². The van der Waals surface area contributed by atoms with Gasteiger partial charge < -0.3 is 10.2 Å². The quantitative estimate of drug-likeness (QED) is 0.926. The van der Waals surface area contributed by atoms with E-state index in [0.717, 1.165) is 19.5 Å². The van der Waals surface area contributed by atoms with Crippen LogP contribution < -0.4 is 10.2 Å². The number of anilines is 1. The molecule has 2 aromatic rings. The largest absolute Gasteiger partial charge is 0.373 e. The lowest BCUT2D eigenvalue weighted by atomic mass is 9.95. The molecule has 0 saturated carbocycles. The van der Waals surface area contributed by atoms with Crippen molar-refractivity contribution in [1.82, 2.24) is 5.32 Å². The number of benzene rings is 2. The molecule has 2 aromatic carbocycles. The van der Waals surface area contributed by atoms with Crippen LogP contribution in [-0.2, 0) is 13.0 Å². The molecule has 1 N–H and O–H groups in total. The van der Waals surface area contributed by atoms with E-state index in [1.807, 2.05) is 0 Å². The van der Waals surface area contributed by atoms with Crippen LogP contribution in [0.3, 0.4) is 0 Å². The van der Waals surface area contributed by atoms with E-state index in [1.54, 1.807) is 0 Å². The van der Waals surface area contributed by atoms with Crippen molar-refractivity contribution in [2.45, 2.75) is 32.9 Å². The maximum Gasteiger partial charge on any atom is 0.0394 e. The van der Waals surface area contributed by atoms with E-state index in [-0.39, 0.29) is 0 Å². The zero-order chi connectivity index (χ0) is 14.8. The van der Waals surface area contributed by atoms with Gasteiger partial charge in [-0.1, -0.05) is 42.0 Å². The molecular formula is C19H24N2. The van der Waals surface area contributed by atoms with Gasteiger partial charge in [0.1, 0.15) is 0 Å². The molecule has 0 aliphatic carbocycles. The Morgan fingerprint density at radius 2 is 1.86 bits per heavy atom. The Balaban J connectivity index is 1.70. The summed E-state index contributed by atoms with van der Waals surface area (Å²) in [7, 11) is 2.19. The van der Waals surface area contributed by atoms with Gasteiger partial charge in [-0.15, -0.1) is 0 Å². The Hall–Kier alpha value is -1.80. The summed E-state index contributed by atoms with van der Waals surface area (Å²) >= 11 is 0. The van der Waals surface area contributed by atoms with E-state index in [9.17, 15) is 0 Å². The van der Waals surface area contributed by atoms with Gasteiger partial charge in [0, 0.05) is 31.9 Å². The molecule has 2 nitrogen and oxygen atoms in total. The molecule has 1 unspecified atom stereocenters. The molecule has 1 aliphatic rings. The minimum Gasteiger partial charge on any atom is -0.373 e. The van der Waals surface area contributed by atoms with E-state index in [2.05, 4.69) is 73.6 Å². The smallest absolute Gasteiger partial charge is 0.0394 e. The van der Waals surface area contributed by atoms with Crippen molar-refractivity contribution in [2.75, 3.05) is 18.5 Å². The summed E-state index contributed by atoms with van der Waals surface area (Å²) in [6.45, 7) is 6.37.